The molecule has 0 heterocycles. The largest absolute Gasteiger partial charge is 0.341 e. The Balaban J connectivity index is 2.06. The van der Waals surface area contributed by atoms with Crippen LogP contribution in [0.2, 0.25) is 0 Å². The van der Waals surface area contributed by atoms with Crippen LogP contribution < -0.4 is 0 Å². The molecular formula is C13H13ClF3NO. The zero-order chi connectivity index (χ0) is 14.2. The number of amides is 1. The van der Waals surface area contributed by atoms with Gasteiger partial charge in [0, 0.05) is 24.5 Å². The van der Waals surface area contributed by atoms with Gasteiger partial charge >= 0.3 is 0 Å². The molecule has 0 unspecified atom stereocenters. The average Bonchev–Trinajstić information content (AvgIpc) is 2.32. The molecule has 1 amide bonds. The van der Waals surface area contributed by atoms with Crippen molar-refractivity contribution in [2.24, 2.45) is 5.92 Å². The van der Waals surface area contributed by atoms with E-state index in [2.05, 4.69) is 0 Å². The van der Waals surface area contributed by atoms with Crippen LogP contribution in [0.1, 0.15) is 23.2 Å². The molecule has 1 aliphatic carbocycles. The predicted octanol–water partition coefficient (Wildman–Crippen LogP) is 3.19. The molecule has 6 heteroatoms. The van der Waals surface area contributed by atoms with Crippen molar-refractivity contribution >= 4 is 17.5 Å². The van der Waals surface area contributed by atoms with Gasteiger partial charge in [0.05, 0.1) is 0 Å². The van der Waals surface area contributed by atoms with Crippen LogP contribution in [0, 0.1) is 23.4 Å². The SMILES string of the molecule is CN(CC1CC(Cl)C1)C(=O)c1cc(F)c(F)c(F)c1. The Kier molecular flexibility index (Phi) is 4.04. The van der Waals surface area contributed by atoms with Crippen LogP contribution in [-0.2, 0) is 0 Å². The minimum atomic E-state index is -1.57. The van der Waals surface area contributed by atoms with Crippen LogP contribution in [0.5, 0.6) is 0 Å². The second kappa shape index (κ2) is 5.41. The molecule has 1 aliphatic rings. The minimum Gasteiger partial charge on any atom is -0.341 e. The summed E-state index contributed by atoms with van der Waals surface area (Å²) in [6.45, 7) is 0.475. The summed E-state index contributed by atoms with van der Waals surface area (Å²) in [4.78, 5) is 13.3. The van der Waals surface area contributed by atoms with Crippen LogP contribution in [0.4, 0.5) is 13.2 Å². The molecule has 0 aliphatic heterocycles. The van der Waals surface area contributed by atoms with Gasteiger partial charge in [0.2, 0.25) is 0 Å². The molecule has 0 radical (unpaired) electrons. The first-order valence-electron chi connectivity index (χ1n) is 5.92. The van der Waals surface area contributed by atoms with Gasteiger partial charge < -0.3 is 4.90 Å². The van der Waals surface area contributed by atoms with Gasteiger partial charge in [-0.3, -0.25) is 4.79 Å². The first-order valence-corrected chi connectivity index (χ1v) is 6.36. The van der Waals surface area contributed by atoms with Crippen LogP contribution >= 0.6 is 11.6 Å². The highest BCUT2D eigenvalue weighted by Crippen LogP contribution is 2.32. The van der Waals surface area contributed by atoms with Crippen molar-refractivity contribution in [3.63, 3.8) is 0 Å². The van der Waals surface area contributed by atoms with Gasteiger partial charge in [0.25, 0.3) is 5.91 Å². The summed E-state index contributed by atoms with van der Waals surface area (Å²) in [6, 6.07) is 1.42. The molecule has 0 bridgehead atoms. The van der Waals surface area contributed by atoms with Gasteiger partial charge in [0.15, 0.2) is 17.5 Å². The number of nitrogens with zero attached hydrogens (tertiary/aromatic N) is 1. The van der Waals surface area contributed by atoms with Crippen molar-refractivity contribution in [1.82, 2.24) is 4.90 Å². The first kappa shape index (κ1) is 14.2. The number of rotatable bonds is 3. The van der Waals surface area contributed by atoms with E-state index in [1.165, 1.54) is 4.90 Å². The zero-order valence-electron chi connectivity index (χ0n) is 10.3. The van der Waals surface area contributed by atoms with Crippen molar-refractivity contribution in [1.29, 1.82) is 0 Å². The Morgan fingerprint density at radius 2 is 1.84 bits per heavy atom. The number of hydrogen-bond donors (Lipinski definition) is 0. The fourth-order valence-corrected chi connectivity index (χ4v) is 2.68. The van der Waals surface area contributed by atoms with Gasteiger partial charge in [-0.25, -0.2) is 13.2 Å². The van der Waals surface area contributed by atoms with Gasteiger partial charge in [0.1, 0.15) is 0 Å². The maximum atomic E-state index is 13.1. The number of carbonyl (C=O) groups is 1. The highest BCUT2D eigenvalue weighted by atomic mass is 35.5. The summed E-state index contributed by atoms with van der Waals surface area (Å²) in [5.41, 5.74) is -0.194. The topological polar surface area (TPSA) is 20.3 Å². The number of alkyl halides is 1. The van der Waals surface area contributed by atoms with Crippen molar-refractivity contribution in [2.75, 3.05) is 13.6 Å². The van der Waals surface area contributed by atoms with Gasteiger partial charge in [-0.2, -0.15) is 0 Å². The Labute approximate surface area is 114 Å². The van der Waals surface area contributed by atoms with E-state index in [4.69, 9.17) is 11.6 Å². The molecule has 19 heavy (non-hydrogen) atoms. The highest BCUT2D eigenvalue weighted by Gasteiger charge is 2.29. The van der Waals surface area contributed by atoms with Crippen molar-refractivity contribution in [3.05, 3.63) is 35.1 Å². The van der Waals surface area contributed by atoms with Gasteiger partial charge in [-0.1, -0.05) is 0 Å². The molecule has 0 atom stereocenters. The maximum absolute atomic E-state index is 13.1. The second-order valence-corrected chi connectivity index (χ2v) is 5.49. The number of carbonyl (C=O) groups excluding carboxylic acids is 1. The molecule has 1 fully saturated rings. The Morgan fingerprint density at radius 3 is 2.32 bits per heavy atom. The third kappa shape index (κ3) is 3.03. The van der Waals surface area contributed by atoms with E-state index < -0.39 is 23.4 Å². The molecule has 1 saturated carbocycles. The minimum absolute atomic E-state index is 0.147. The number of hydrogen-bond acceptors (Lipinski definition) is 1. The summed E-state index contributed by atoms with van der Waals surface area (Å²) in [5, 5.41) is 0.147. The molecule has 0 saturated heterocycles. The van der Waals surface area contributed by atoms with Crippen LogP contribution in [0.25, 0.3) is 0 Å². The Hall–Kier alpha value is -1.23. The average molecular weight is 292 g/mol. The molecule has 1 aromatic rings. The summed E-state index contributed by atoms with van der Waals surface area (Å²) in [6.07, 6.45) is 1.65. The molecule has 0 spiro atoms. The molecule has 2 rings (SSSR count). The summed E-state index contributed by atoms with van der Waals surface area (Å²) < 4.78 is 38.9. The molecule has 2 nitrogen and oxygen atoms in total. The highest BCUT2D eigenvalue weighted by molar-refractivity contribution is 6.21. The molecule has 104 valence electrons. The third-order valence-electron chi connectivity index (χ3n) is 3.29. The number of halogens is 4. The Morgan fingerprint density at radius 1 is 1.32 bits per heavy atom. The van der Waals surface area contributed by atoms with Crippen LogP contribution in [0.15, 0.2) is 12.1 Å². The van der Waals surface area contributed by atoms with E-state index in [1.54, 1.807) is 7.05 Å². The standard InChI is InChI=1S/C13H13ClF3NO/c1-18(6-7-2-9(14)3-7)13(19)8-4-10(15)12(17)11(16)5-8/h4-5,7,9H,2-3,6H2,1H3. The lowest BCUT2D eigenvalue weighted by molar-refractivity contribution is 0.0745. The van der Waals surface area contributed by atoms with E-state index in [9.17, 15) is 18.0 Å². The zero-order valence-corrected chi connectivity index (χ0v) is 11.1. The van der Waals surface area contributed by atoms with Crippen molar-refractivity contribution < 1.29 is 18.0 Å². The molecule has 0 aromatic heterocycles. The van der Waals surface area contributed by atoms with Gasteiger partial charge in [-0.05, 0) is 30.9 Å². The van der Waals surface area contributed by atoms with Crippen LogP contribution in [-0.4, -0.2) is 29.8 Å². The lowest BCUT2D eigenvalue weighted by atomic mass is 9.84. The number of benzene rings is 1. The second-order valence-electron chi connectivity index (χ2n) is 4.87. The molecular weight excluding hydrogens is 279 g/mol. The monoisotopic (exact) mass is 291 g/mol. The summed E-state index contributed by atoms with van der Waals surface area (Å²) >= 11 is 5.84. The van der Waals surface area contributed by atoms with E-state index in [0.29, 0.717) is 24.6 Å². The molecule has 0 N–H and O–H groups in total. The lowest BCUT2D eigenvalue weighted by Crippen LogP contribution is -2.38. The normalized spacial score (nSPS) is 21.9. The van der Waals surface area contributed by atoms with E-state index in [-0.39, 0.29) is 10.9 Å². The molecule has 1 aromatic carbocycles. The third-order valence-corrected chi connectivity index (χ3v) is 3.64. The fraction of sp³-hybridized carbons (Fsp3) is 0.462. The van der Waals surface area contributed by atoms with Gasteiger partial charge in [-0.15, -0.1) is 11.6 Å². The van der Waals surface area contributed by atoms with E-state index in [1.807, 2.05) is 0 Å². The van der Waals surface area contributed by atoms with Crippen molar-refractivity contribution in [3.8, 4) is 0 Å². The quantitative estimate of drug-likeness (QED) is 0.619. The van der Waals surface area contributed by atoms with Crippen molar-refractivity contribution in [2.45, 2.75) is 18.2 Å². The lowest BCUT2D eigenvalue weighted by Gasteiger charge is -2.34. The fourth-order valence-electron chi connectivity index (χ4n) is 2.17. The van der Waals surface area contributed by atoms with Crippen LogP contribution in [0.3, 0.4) is 0 Å². The predicted molar refractivity (Wildman–Crippen MR) is 65.6 cm³/mol. The smallest absolute Gasteiger partial charge is 0.253 e. The summed E-state index contributed by atoms with van der Waals surface area (Å²) in [5.74, 6) is -4.51. The maximum Gasteiger partial charge on any atom is 0.253 e. The Bertz CT molecular complexity index is 480. The van der Waals surface area contributed by atoms with E-state index >= 15 is 0 Å². The first-order chi connectivity index (χ1) is 8.88. The summed E-state index contributed by atoms with van der Waals surface area (Å²) in [7, 11) is 1.54. The van der Waals surface area contributed by atoms with E-state index in [0.717, 1.165) is 12.8 Å².